The summed E-state index contributed by atoms with van der Waals surface area (Å²) in [6.45, 7) is 1.18. The molecule has 3 aromatic rings. The van der Waals surface area contributed by atoms with Crippen LogP contribution in [0.25, 0.3) is 11.1 Å². The van der Waals surface area contributed by atoms with Gasteiger partial charge in [0, 0.05) is 24.6 Å². The number of fused-ring (bicyclic) bond motifs is 1. The Hall–Kier alpha value is -2.43. The molecule has 0 aliphatic carbocycles. The highest BCUT2D eigenvalue weighted by Crippen LogP contribution is 2.34. The number of anilines is 1. The predicted octanol–water partition coefficient (Wildman–Crippen LogP) is 4.10. The molecule has 0 bridgehead atoms. The Morgan fingerprint density at radius 2 is 1.82 bits per heavy atom. The average Bonchev–Trinajstić information content (AvgIpc) is 3.13. The second-order valence-electron chi connectivity index (χ2n) is 5.53. The molecule has 1 fully saturated rings. The summed E-state index contributed by atoms with van der Waals surface area (Å²) in [5.41, 5.74) is 1.68. The first-order valence-corrected chi connectivity index (χ1v) is 7.27. The number of halogens is 2. The molecule has 0 radical (unpaired) electrons. The number of hydrogen-bond donors (Lipinski definition) is 0. The van der Waals surface area contributed by atoms with Crippen LogP contribution in [0.3, 0.4) is 0 Å². The highest BCUT2D eigenvalue weighted by molar-refractivity contribution is 5.74. The minimum absolute atomic E-state index is 0.168. The van der Waals surface area contributed by atoms with E-state index in [-0.39, 0.29) is 11.5 Å². The summed E-state index contributed by atoms with van der Waals surface area (Å²) in [5, 5.41) is 0. The van der Waals surface area contributed by atoms with Crippen molar-refractivity contribution >= 4 is 17.1 Å². The topological polar surface area (TPSA) is 29.3 Å². The van der Waals surface area contributed by atoms with Gasteiger partial charge in [0.25, 0.3) is 6.01 Å². The number of nitrogens with zero attached hydrogens (tertiary/aromatic N) is 2. The molecule has 1 aliphatic rings. The fourth-order valence-electron chi connectivity index (χ4n) is 3.07. The molecule has 22 heavy (non-hydrogen) atoms. The predicted molar refractivity (Wildman–Crippen MR) is 79.9 cm³/mol. The lowest BCUT2D eigenvalue weighted by molar-refractivity contribution is 0.531. The molecule has 4 rings (SSSR count). The van der Waals surface area contributed by atoms with E-state index in [1.807, 2.05) is 29.2 Å². The Bertz CT molecular complexity index is 777. The molecule has 1 saturated heterocycles. The van der Waals surface area contributed by atoms with Crippen molar-refractivity contribution in [3.8, 4) is 0 Å². The van der Waals surface area contributed by atoms with Crippen molar-refractivity contribution in [2.75, 3.05) is 18.0 Å². The average molecular weight is 300 g/mol. The van der Waals surface area contributed by atoms with Crippen LogP contribution in [-0.4, -0.2) is 18.1 Å². The van der Waals surface area contributed by atoms with E-state index in [9.17, 15) is 8.78 Å². The fourth-order valence-corrected chi connectivity index (χ4v) is 3.07. The second kappa shape index (κ2) is 5.09. The number of benzene rings is 2. The van der Waals surface area contributed by atoms with E-state index in [0.717, 1.165) is 11.1 Å². The van der Waals surface area contributed by atoms with Crippen LogP contribution in [0.15, 0.2) is 46.9 Å². The zero-order chi connectivity index (χ0) is 15.1. The first kappa shape index (κ1) is 13.2. The largest absolute Gasteiger partial charge is 0.423 e. The van der Waals surface area contributed by atoms with E-state index in [1.54, 1.807) is 0 Å². The SMILES string of the molecule is Fc1cccc(F)c1C1CCN(c2nc3ccccc3o2)C1. The minimum atomic E-state index is -0.482. The van der Waals surface area contributed by atoms with Crippen molar-refractivity contribution < 1.29 is 13.2 Å². The van der Waals surface area contributed by atoms with E-state index in [0.29, 0.717) is 25.5 Å². The van der Waals surface area contributed by atoms with Crippen LogP contribution in [0.1, 0.15) is 17.9 Å². The molecular weight excluding hydrogens is 286 g/mol. The van der Waals surface area contributed by atoms with Crippen molar-refractivity contribution in [2.24, 2.45) is 0 Å². The molecule has 0 amide bonds. The molecular formula is C17H14F2N2O. The third-order valence-corrected chi connectivity index (χ3v) is 4.15. The second-order valence-corrected chi connectivity index (χ2v) is 5.53. The highest BCUT2D eigenvalue weighted by Gasteiger charge is 2.30. The molecule has 1 unspecified atom stereocenters. The van der Waals surface area contributed by atoms with Crippen LogP contribution >= 0.6 is 0 Å². The molecule has 2 aromatic carbocycles. The van der Waals surface area contributed by atoms with Gasteiger partial charge in [0.05, 0.1) is 0 Å². The van der Waals surface area contributed by atoms with E-state index in [4.69, 9.17) is 4.42 Å². The third kappa shape index (κ3) is 2.13. The normalized spacial score (nSPS) is 18.3. The monoisotopic (exact) mass is 300 g/mol. The molecule has 2 heterocycles. The van der Waals surface area contributed by atoms with Gasteiger partial charge in [0.1, 0.15) is 17.2 Å². The summed E-state index contributed by atoms with van der Waals surface area (Å²) in [6, 6.07) is 12.0. The van der Waals surface area contributed by atoms with Gasteiger partial charge < -0.3 is 9.32 Å². The molecule has 3 nitrogen and oxygen atoms in total. The summed E-state index contributed by atoms with van der Waals surface area (Å²) in [7, 11) is 0. The van der Waals surface area contributed by atoms with Crippen molar-refractivity contribution in [2.45, 2.75) is 12.3 Å². The number of rotatable bonds is 2. The van der Waals surface area contributed by atoms with Crippen LogP contribution < -0.4 is 4.90 Å². The molecule has 1 aromatic heterocycles. The van der Waals surface area contributed by atoms with E-state index >= 15 is 0 Å². The summed E-state index contributed by atoms with van der Waals surface area (Å²) in [4.78, 5) is 6.38. The van der Waals surface area contributed by atoms with Crippen LogP contribution in [0.4, 0.5) is 14.8 Å². The van der Waals surface area contributed by atoms with Gasteiger partial charge in [-0.05, 0) is 30.7 Å². The number of oxazole rings is 1. The van der Waals surface area contributed by atoms with E-state index in [2.05, 4.69) is 4.98 Å². The Balaban J connectivity index is 1.62. The molecule has 5 heteroatoms. The number of hydrogen-bond acceptors (Lipinski definition) is 3. The zero-order valence-electron chi connectivity index (χ0n) is 11.8. The van der Waals surface area contributed by atoms with E-state index in [1.165, 1.54) is 18.2 Å². The summed E-state index contributed by atoms with van der Waals surface area (Å²) in [5.74, 6) is -1.15. The third-order valence-electron chi connectivity index (χ3n) is 4.15. The molecule has 1 aliphatic heterocycles. The van der Waals surface area contributed by atoms with Crippen LogP contribution in [-0.2, 0) is 0 Å². The molecule has 0 saturated carbocycles. The smallest absolute Gasteiger partial charge is 0.298 e. The first-order valence-electron chi connectivity index (χ1n) is 7.27. The van der Waals surface area contributed by atoms with E-state index < -0.39 is 11.6 Å². The van der Waals surface area contributed by atoms with Gasteiger partial charge in [-0.3, -0.25) is 0 Å². The van der Waals surface area contributed by atoms with Crippen molar-refractivity contribution in [1.29, 1.82) is 0 Å². The summed E-state index contributed by atoms with van der Waals surface area (Å²) < 4.78 is 33.5. The van der Waals surface area contributed by atoms with Gasteiger partial charge in [-0.25, -0.2) is 8.78 Å². The van der Waals surface area contributed by atoms with Gasteiger partial charge in [-0.1, -0.05) is 18.2 Å². The maximum atomic E-state index is 13.9. The lowest BCUT2D eigenvalue weighted by Crippen LogP contribution is -2.20. The van der Waals surface area contributed by atoms with Gasteiger partial charge >= 0.3 is 0 Å². The Kier molecular flexibility index (Phi) is 3.06. The molecule has 0 spiro atoms. The zero-order valence-corrected chi connectivity index (χ0v) is 11.8. The van der Waals surface area contributed by atoms with Gasteiger partial charge in [-0.2, -0.15) is 4.98 Å². The molecule has 112 valence electrons. The van der Waals surface area contributed by atoms with Crippen LogP contribution in [0.2, 0.25) is 0 Å². The van der Waals surface area contributed by atoms with Crippen molar-refractivity contribution in [1.82, 2.24) is 4.98 Å². The van der Waals surface area contributed by atoms with Gasteiger partial charge in [0.15, 0.2) is 5.58 Å². The Labute approximate surface area is 126 Å². The first-order chi connectivity index (χ1) is 10.7. The quantitative estimate of drug-likeness (QED) is 0.713. The van der Waals surface area contributed by atoms with Crippen LogP contribution in [0, 0.1) is 11.6 Å². The van der Waals surface area contributed by atoms with Crippen molar-refractivity contribution in [3.63, 3.8) is 0 Å². The minimum Gasteiger partial charge on any atom is -0.423 e. The van der Waals surface area contributed by atoms with Gasteiger partial charge in [-0.15, -0.1) is 0 Å². The highest BCUT2D eigenvalue weighted by atomic mass is 19.1. The number of aromatic nitrogens is 1. The van der Waals surface area contributed by atoms with Gasteiger partial charge in [0.2, 0.25) is 0 Å². The Morgan fingerprint density at radius 3 is 2.59 bits per heavy atom. The number of para-hydroxylation sites is 2. The Morgan fingerprint density at radius 1 is 1.05 bits per heavy atom. The molecule has 1 atom stereocenters. The lowest BCUT2D eigenvalue weighted by atomic mass is 9.97. The summed E-state index contributed by atoms with van der Waals surface area (Å²) >= 11 is 0. The van der Waals surface area contributed by atoms with Crippen LogP contribution in [0.5, 0.6) is 0 Å². The molecule has 0 N–H and O–H groups in total. The standard InChI is InChI=1S/C17H14F2N2O/c18-12-4-3-5-13(19)16(12)11-8-9-21(10-11)17-20-14-6-1-2-7-15(14)22-17/h1-7,11H,8-10H2. The summed E-state index contributed by atoms with van der Waals surface area (Å²) in [6.07, 6.45) is 0.677. The fraction of sp³-hybridized carbons (Fsp3) is 0.235. The maximum absolute atomic E-state index is 13.9. The van der Waals surface area contributed by atoms with Crippen molar-refractivity contribution in [3.05, 3.63) is 59.7 Å². The lowest BCUT2D eigenvalue weighted by Gasteiger charge is -2.14. The maximum Gasteiger partial charge on any atom is 0.298 e.